The Morgan fingerprint density at radius 1 is 1.65 bits per heavy atom. The second kappa shape index (κ2) is 6.13. The van der Waals surface area contributed by atoms with Crippen molar-refractivity contribution >= 4 is 50.2 Å². The first-order valence-electron chi connectivity index (χ1n) is 6.25. The molecule has 5 nitrogen and oxygen atoms in total. The molecule has 20 heavy (non-hydrogen) atoms. The number of anilines is 2. The van der Waals surface area contributed by atoms with Gasteiger partial charge in [0, 0.05) is 30.1 Å². The van der Waals surface area contributed by atoms with Crippen LogP contribution in [0.3, 0.4) is 0 Å². The Hall–Kier alpha value is -1.08. The number of nitrogen functional groups attached to an aromatic ring is 1. The van der Waals surface area contributed by atoms with Gasteiger partial charge in [-0.05, 0) is 34.8 Å². The fourth-order valence-electron chi connectivity index (χ4n) is 2.13. The van der Waals surface area contributed by atoms with Gasteiger partial charge in [-0.3, -0.25) is 14.5 Å². The van der Waals surface area contributed by atoms with E-state index in [4.69, 9.17) is 5.73 Å². The average Bonchev–Trinajstić information content (AvgIpc) is 2.72. The minimum Gasteiger partial charge on any atom is -0.396 e. The average molecular weight is 358 g/mol. The van der Waals surface area contributed by atoms with Gasteiger partial charge in [0.25, 0.3) is 0 Å². The number of hydrogen-bond acceptors (Lipinski definition) is 5. The van der Waals surface area contributed by atoms with Crippen molar-refractivity contribution in [3.05, 3.63) is 16.2 Å². The zero-order valence-electron chi connectivity index (χ0n) is 11.4. The molecular weight excluding hydrogens is 342 g/mol. The van der Waals surface area contributed by atoms with E-state index in [1.807, 2.05) is 6.92 Å². The van der Waals surface area contributed by atoms with Crippen LogP contribution in [-0.4, -0.2) is 28.3 Å². The third kappa shape index (κ3) is 3.32. The lowest BCUT2D eigenvalue weighted by Gasteiger charge is -2.18. The van der Waals surface area contributed by atoms with Gasteiger partial charge in [-0.25, -0.2) is 4.98 Å². The number of carbonyl (C=O) groups excluding carboxylic acids is 2. The summed E-state index contributed by atoms with van der Waals surface area (Å²) in [5, 5.41) is 0.0769. The first kappa shape index (κ1) is 15.3. The third-order valence-electron chi connectivity index (χ3n) is 3.14. The lowest BCUT2D eigenvalue weighted by atomic mass is 10.1. The van der Waals surface area contributed by atoms with Crippen molar-refractivity contribution in [2.24, 2.45) is 5.92 Å². The van der Waals surface area contributed by atoms with Gasteiger partial charge in [-0.15, -0.1) is 0 Å². The van der Waals surface area contributed by atoms with Crippen molar-refractivity contribution in [2.75, 3.05) is 22.9 Å². The predicted octanol–water partition coefficient (Wildman–Crippen LogP) is 2.37. The van der Waals surface area contributed by atoms with Crippen LogP contribution in [-0.2, 0) is 9.59 Å². The van der Waals surface area contributed by atoms with Gasteiger partial charge < -0.3 is 5.73 Å². The summed E-state index contributed by atoms with van der Waals surface area (Å²) in [5.41, 5.74) is 7.23. The number of rotatable bonds is 3. The molecule has 1 amide bonds. The third-order valence-corrected chi connectivity index (χ3v) is 4.99. The number of aromatic nitrogens is 1. The summed E-state index contributed by atoms with van der Waals surface area (Å²) < 4.78 is 0.828. The van der Waals surface area contributed by atoms with Crippen LogP contribution in [0.4, 0.5) is 11.5 Å². The summed E-state index contributed by atoms with van der Waals surface area (Å²) in [7, 11) is 0. The van der Waals surface area contributed by atoms with Crippen LogP contribution in [0.5, 0.6) is 0 Å². The van der Waals surface area contributed by atoms with E-state index in [0.717, 1.165) is 10.2 Å². The molecule has 0 radical (unpaired) electrons. The highest BCUT2D eigenvalue weighted by Gasteiger charge is 2.32. The maximum atomic E-state index is 12.1. The molecule has 1 aliphatic rings. The normalized spacial score (nSPS) is 18.6. The van der Waals surface area contributed by atoms with Crippen LogP contribution in [0.1, 0.15) is 19.0 Å². The van der Waals surface area contributed by atoms with Crippen LogP contribution < -0.4 is 10.6 Å². The number of aryl methyl sites for hydroxylation is 1. The molecular formula is C13H16BrN3O2S. The Labute approximate surface area is 130 Å². The number of amides is 1. The van der Waals surface area contributed by atoms with Gasteiger partial charge in [0.2, 0.25) is 5.91 Å². The maximum Gasteiger partial charge on any atom is 0.228 e. The van der Waals surface area contributed by atoms with E-state index in [1.54, 1.807) is 11.0 Å². The van der Waals surface area contributed by atoms with Crippen LogP contribution in [0.25, 0.3) is 0 Å². The number of pyridine rings is 1. The first-order chi connectivity index (χ1) is 9.38. The molecule has 1 unspecified atom stereocenters. The quantitative estimate of drug-likeness (QED) is 0.898. The molecule has 2 N–H and O–H groups in total. The van der Waals surface area contributed by atoms with Gasteiger partial charge in [0.15, 0.2) is 10.9 Å². The minimum atomic E-state index is 0.0140. The summed E-state index contributed by atoms with van der Waals surface area (Å²) in [6.45, 7) is 3.96. The second-order valence-electron chi connectivity index (χ2n) is 4.85. The monoisotopic (exact) mass is 357 g/mol. The number of thioether (sulfide) groups is 1. The molecule has 1 aromatic rings. The van der Waals surface area contributed by atoms with Crippen molar-refractivity contribution in [2.45, 2.75) is 20.3 Å². The molecule has 1 aromatic heterocycles. The van der Waals surface area contributed by atoms with Crippen LogP contribution in [0.15, 0.2) is 10.5 Å². The summed E-state index contributed by atoms with van der Waals surface area (Å²) in [4.78, 5) is 29.1. The summed E-state index contributed by atoms with van der Waals surface area (Å²) in [5.74, 6) is 1.36. The van der Waals surface area contributed by atoms with Crippen molar-refractivity contribution in [1.29, 1.82) is 0 Å². The van der Waals surface area contributed by atoms with E-state index in [-0.39, 0.29) is 16.9 Å². The van der Waals surface area contributed by atoms with Gasteiger partial charge in [-0.2, -0.15) is 0 Å². The number of hydrogen-bond donors (Lipinski definition) is 1. The van der Waals surface area contributed by atoms with Crippen LogP contribution >= 0.6 is 27.7 Å². The Morgan fingerprint density at radius 3 is 3.00 bits per heavy atom. The van der Waals surface area contributed by atoms with Crippen molar-refractivity contribution in [3.8, 4) is 0 Å². The van der Waals surface area contributed by atoms with Crippen molar-refractivity contribution in [3.63, 3.8) is 0 Å². The molecule has 7 heteroatoms. The van der Waals surface area contributed by atoms with Crippen molar-refractivity contribution in [1.82, 2.24) is 4.98 Å². The molecule has 0 aliphatic carbocycles. The predicted molar refractivity (Wildman–Crippen MR) is 84.7 cm³/mol. The summed E-state index contributed by atoms with van der Waals surface area (Å²) >= 11 is 4.63. The molecule has 1 aliphatic heterocycles. The minimum absolute atomic E-state index is 0.0140. The Morgan fingerprint density at radius 2 is 2.35 bits per heavy atom. The number of carbonyl (C=O) groups is 2. The van der Waals surface area contributed by atoms with Gasteiger partial charge >= 0.3 is 0 Å². The summed E-state index contributed by atoms with van der Waals surface area (Å²) in [6, 6.07) is 1.77. The highest BCUT2D eigenvalue weighted by Crippen LogP contribution is 2.32. The van der Waals surface area contributed by atoms with Gasteiger partial charge in [-0.1, -0.05) is 11.8 Å². The molecule has 1 saturated heterocycles. The van der Waals surface area contributed by atoms with Crippen molar-refractivity contribution < 1.29 is 9.59 Å². The van der Waals surface area contributed by atoms with Gasteiger partial charge in [0.1, 0.15) is 0 Å². The van der Waals surface area contributed by atoms with E-state index in [9.17, 15) is 9.59 Å². The molecule has 0 aromatic carbocycles. The number of halogens is 1. The van der Waals surface area contributed by atoms with Crippen LogP contribution in [0.2, 0.25) is 0 Å². The molecule has 2 rings (SSSR count). The molecule has 1 fully saturated rings. The molecule has 0 spiro atoms. The van der Waals surface area contributed by atoms with Gasteiger partial charge in [0.05, 0.1) is 11.4 Å². The number of nitrogens with two attached hydrogens (primary N) is 1. The Balaban J connectivity index is 2.16. The van der Waals surface area contributed by atoms with E-state index in [2.05, 4.69) is 20.9 Å². The van der Waals surface area contributed by atoms with E-state index < -0.39 is 0 Å². The Kier molecular flexibility index (Phi) is 4.70. The largest absolute Gasteiger partial charge is 0.396 e. The standard InChI is InChI=1S/C13H16BrN3O2S/c1-7-10(14)4-11(15)13(16-7)17-5-9(3-12(17)19)6-20-8(2)18/h4,9H,3,5-6,15H2,1-2H3. The second-order valence-corrected chi connectivity index (χ2v) is 6.90. The van der Waals surface area contributed by atoms with E-state index >= 15 is 0 Å². The highest BCUT2D eigenvalue weighted by atomic mass is 79.9. The molecule has 1 atom stereocenters. The molecule has 2 heterocycles. The number of nitrogens with zero attached hydrogens (tertiary/aromatic N) is 2. The lowest BCUT2D eigenvalue weighted by Crippen LogP contribution is -2.27. The highest BCUT2D eigenvalue weighted by molar-refractivity contribution is 9.10. The molecule has 0 saturated carbocycles. The lowest BCUT2D eigenvalue weighted by molar-refractivity contribution is -0.117. The van der Waals surface area contributed by atoms with E-state index in [1.165, 1.54) is 18.7 Å². The fourth-order valence-corrected chi connectivity index (χ4v) is 3.16. The molecule has 0 bridgehead atoms. The maximum absolute atomic E-state index is 12.1. The SMILES string of the molecule is CC(=O)SCC1CC(=O)N(c2nc(C)c(Br)cc2N)C1. The Bertz CT molecular complexity index is 565. The zero-order chi connectivity index (χ0) is 14.9. The zero-order valence-corrected chi connectivity index (χ0v) is 13.8. The fraction of sp³-hybridized carbons (Fsp3) is 0.462. The summed E-state index contributed by atoms with van der Waals surface area (Å²) in [6.07, 6.45) is 0.441. The van der Waals surface area contributed by atoms with Crippen LogP contribution in [0, 0.1) is 12.8 Å². The van der Waals surface area contributed by atoms with E-state index in [0.29, 0.717) is 30.2 Å². The first-order valence-corrected chi connectivity index (χ1v) is 8.02. The smallest absolute Gasteiger partial charge is 0.228 e. The molecule has 108 valence electrons. The topological polar surface area (TPSA) is 76.3 Å².